The van der Waals surface area contributed by atoms with Crippen molar-refractivity contribution < 1.29 is 9.84 Å². The summed E-state index contributed by atoms with van der Waals surface area (Å²) < 4.78 is 7.66. The molecule has 2 aliphatic heterocycles. The van der Waals surface area contributed by atoms with Crippen LogP contribution in [-0.4, -0.2) is 51.5 Å². The maximum atomic E-state index is 11.2. The van der Waals surface area contributed by atoms with Gasteiger partial charge < -0.3 is 14.4 Å². The number of nitrogens with zero attached hydrogens (tertiary/aromatic N) is 3. The van der Waals surface area contributed by atoms with Crippen LogP contribution in [-0.2, 0) is 18.3 Å². The van der Waals surface area contributed by atoms with Crippen molar-refractivity contribution in [3.8, 4) is 0 Å². The van der Waals surface area contributed by atoms with Gasteiger partial charge in [-0.1, -0.05) is 6.92 Å². The van der Waals surface area contributed by atoms with Gasteiger partial charge in [-0.05, 0) is 44.9 Å². The first-order valence-corrected chi connectivity index (χ1v) is 8.93. The first kappa shape index (κ1) is 16.9. The van der Waals surface area contributed by atoms with E-state index in [0.717, 1.165) is 63.6 Å². The molecule has 2 atom stereocenters. The van der Waals surface area contributed by atoms with Gasteiger partial charge in [0.15, 0.2) is 0 Å². The van der Waals surface area contributed by atoms with E-state index in [2.05, 4.69) is 37.3 Å². The third kappa shape index (κ3) is 3.19. The molecule has 2 unspecified atom stereocenters. The topological polar surface area (TPSA) is 50.5 Å². The van der Waals surface area contributed by atoms with E-state index in [4.69, 9.17) is 9.72 Å². The Labute approximate surface area is 139 Å². The molecule has 0 aliphatic carbocycles. The molecule has 2 fully saturated rings. The Morgan fingerprint density at radius 3 is 2.57 bits per heavy atom. The molecule has 5 nitrogen and oxygen atoms in total. The number of aromatic nitrogens is 2. The number of piperidine rings is 1. The van der Waals surface area contributed by atoms with Crippen molar-refractivity contribution >= 4 is 0 Å². The minimum absolute atomic E-state index is 0.293. The summed E-state index contributed by atoms with van der Waals surface area (Å²) in [6, 6.07) is 0. The molecule has 5 heteroatoms. The van der Waals surface area contributed by atoms with E-state index in [-0.39, 0.29) is 0 Å². The van der Waals surface area contributed by atoms with Crippen LogP contribution in [0.25, 0.3) is 0 Å². The van der Waals surface area contributed by atoms with Gasteiger partial charge in [-0.2, -0.15) is 0 Å². The average Bonchev–Trinajstić information content (AvgIpc) is 2.79. The molecule has 1 N–H and O–H groups in total. The van der Waals surface area contributed by atoms with E-state index < -0.39 is 5.60 Å². The summed E-state index contributed by atoms with van der Waals surface area (Å²) in [7, 11) is 2.09. The van der Waals surface area contributed by atoms with Gasteiger partial charge in [0.05, 0.1) is 17.8 Å². The number of likely N-dealkylation sites (tertiary alicyclic amines) is 1. The Kier molecular flexibility index (Phi) is 4.81. The Morgan fingerprint density at radius 2 is 2.00 bits per heavy atom. The second-order valence-corrected chi connectivity index (χ2v) is 7.52. The largest absolute Gasteiger partial charge is 0.389 e. The third-order valence-electron chi connectivity index (χ3n) is 6.22. The molecule has 23 heavy (non-hydrogen) atoms. The standard InChI is InChI=1S/C18H31N3O2/c1-13-11-21(12-17-19-14(2)15(3)20(17)4)8-7-18(13,22)16-5-9-23-10-6-16/h13,16,22H,5-12H2,1-4H3. The van der Waals surface area contributed by atoms with Gasteiger partial charge in [-0.25, -0.2) is 4.98 Å². The Morgan fingerprint density at radius 1 is 1.30 bits per heavy atom. The lowest BCUT2D eigenvalue weighted by atomic mass is 9.70. The van der Waals surface area contributed by atoms with Gasteiger partial charge in [0.25, 0.3) is 0 Å². The maximum Gasteiger partial charge on any atom is 0.123 e. The summed E-state index contributed by atoms with van der Waals surface area (Å²) in [4.78, 5) is 7.14. The number of hydrogen-bond donors (Lipinski definition) is 1. The Bertz CT molecular complexity index is 551. The Balaban J connectivity index is 1.65. The van der Waals surface area contributed by atoms with Gasteiger partial charge in [0, 0.05) is 39.0 Å². The highest BCUT2D eigenvalue weighted by Crippen LogP contribution is 2.39. The molecule has 2 saturated heterocycles. The fourth-order valence-electron chi connectivity index (χ4n) is 4.30. The van der Waals surface area contributed by atoms with Crippen LogP contribution < -0.4 is 0 Å². The van der Waals surface area contributed by atoms with E-state index in [1.807, 2.05) is 0 Å². The van der Waals surface area contributed by atoms with E-state index in [0.29, 0.717) is 11.8 Å². The minimum Gasteiger partial charge on any atom is -0.389 e. The van der Waals surface area contributed by atoms with E-state index in [1.165, 1.54) is 5.69 Å². The molecule has 1 aromatic rings. The van der Waals surface area contributed by atoms with Crippen LogP contribution in [0.5, 0.6) is 0 Å². The number of rotatable bonds is 3. The molecule has 0 saturated carbocycles. The molecule has 0 spiro atoms. The highest BCUT2D eigenvalue weighted by Gasteiger charge is 2.45. The zero-order valence-electron chi connectivity index (χ0n) is 15.0. The highest BCUT2D eigenvalue weighted by molar-refractivity contribution is 5.13. The number of imidazole rings is 1. The molecule has 0 bridgehead atoms. The zero-order valence-corrected chi connectivity index (χ0v) is 15.0. The molecule has 0 amide bonds. The van der Waals surface area contributed by atoms with Crippen LogP contribution >= 0.6 is 0 Å². The van der Waals surface area contributed by atoms with Gasteiger partial charge in [0.1, 0.15) is 5.82 Å². The van der Waals surface area contributed by atoms with Crippen molar-refractivity contribution in [2.45, 2.75) is 52.2 Å². The first-order valence-electron chi connectivity index (χ1n) is 8.93. The summed E-state index contributed by atoms with van der Waals surface area (Å²) in [6.45, 7) is 10.8. The lowest BCUT2D eigenvalue weighted by Crippen LogP contribution is -2.55. The summed E-state index contributed by atoms with van der Waals surface area (Å²) in [5, 5.41) is 11.2. The molecule has 3 rings (SSSR count). The van der Waals surface area contributed by atoms with Gasteiger partial charge in [-0.3, -0.25) is 4.90 Å². The van der Waals surface area contributed by atoms with Gasteiger partial charge in [0.2, 0.25) is 0 Å². The summed E-state index contributed by atoms with van der Waals surface area (Å²) in [5.41, 5.74) is 1.84. The molecular weight excluding hydrogens is 290 g/mol. The first-order chi connectivity index (χ1) is 10.9. The number of aliphatic hydroxyl groups is 1. The number of hydrogen-bond acceptors (Lipinski definition) is 4. The van der Waals surface area contributed by atoms with Gasteiger partial charge >= 0.3 is 0 Å². The Hall–Kier alpha value is -0.910. The van der Waals surface area contributed by atoms with Crippen LogP contribution in [0.15, 0.2) is 0 Å². The van der Waals surface area contributed by atoms with Crippen LogP contribution in [0.4, 0.5) is 0 Å². The van der Waals surface area contributed by atoms with Crippen LogP contribution in [0.2, 0.25) is 0 Å². The monoisotopic (exact) mass is 321 g/mol. The fraction of sp³-hybridized carbons (Fsp3) is 0.833. The molecule has 3 heterocycles. The van der Waals surface area contributed by atoms with Crippen molar-refractivity contribution in [3.63, 3.8) is 0 Å². The number of aryl methyl sites for hydroxylation is 1. The average molecular weight is 321 g/mol. The van der Waals surface area contributed by atoms with E-state index >= 15 is 0 Å². The fourth-order valence-corrected chi connectivity index (χ4v) is 4.30. The third-order valence-corrected chi connectivity index (χ3v) is 6.22. The molecule has 130 valence electrons. The van der Waals surface area contributed by atoms with Crippen molar-refractivity contribution in [2.75, 3.05) is 26.3 Å². The smallest absolute Gasteiger partial charge is 0.123 e. The van der Waals surface area contributed by atoms with Crippen molar-refractivity contribution in [3.05, 3.63) is 17.2 Å². The lowest BCUT2D eigenvalue weighted by molar-refractivity contribution is -0.132. The quantitative estimate of drug-likeness (QED) is 0.925. The summed E-state index contributed by atoms with van der Waals surface area (Å²) in [6.07, 6.45) is 2.86. The highest BCUT2D eigenvalue weighted by atomic mass is 16.5. The van der Waals surface area contributed by atoms with Crippen LogP contribution in [0.3, 0.4) is 0 Å². The summed E-state index contributed by atoms with van der Waals surface area (Å²) in [5.74, 6) is 1.82. The van der Waals surface area contributed by atoms with E-state index in [1.54, 1.807) is 0 Å². The maximum absolute atomic E-state index is 11.2. The molecule has 0 radical (unpaired) electrons. The minimum atomic E-state index is -0.520. The second kappa shape index (κ2) is 6.54. The molecule has 0 aromatic carbocycles. The van der Waals surface area contributed by atoms with Gasteiger partial charge in [-0.15, -0.1) is 0 Å². The molecule has 1 aromatic heterocycles. The predicted octanol–water partition coefficient (Wildman–Crippen LogP) is 2.04. The summed E-state index contributed by atoms with van der Waals surface area (Å²) >= 11 is 0. The van der Waals surface area contributed by atoms with Crippen LogP contribution in [0.1, 0.15) is 43.4 Å². The predicted molar refractivity (Wildman–Crippen MR) is 90.2 cm³/mol. The van der Waals surface area contributed by atoms with Crippen LogP contribution in [0, 0.1) is 25.7 Å². The lowest BCUT2D eigenvalue weighted by Gasteiger charge is -2.48. The molecule has 2 aliphatic rings. The zero-order chi connectivity index (χ0) is 16.6. The normalized spacial score (nSPS) is 30.7. The second-order valence-electron chi connectivity index (χ2n) is 7.52. The van der Waals surface area contributed by atoms with Crippen molar-refractivity contribution in [2.24, 2.45) is 18.9 Å². The van der Waals surface area contributed by atoms with E-state index in [9.17, 15) is 5.11 Å². The van der Waals surface area contributed by atoms with Crippen molar-refractivity contribution in [1.82, 2.24) is 14.5 Å². The molecular formula is C18H31N3O2. The SMILES string of the molecule is Cc1nc(CN2CCC(O)(C3CCOCC3)C(C)C2)n(C)c1C. The van der Waals surface area contributed by atoms with Crippen molar-refractivity contribution in [1.29, 1.82) is 0 Å². The number of ether oxygens (including phenoxy) is 1.